The van der Waals surface area contributed by atoms with E-state index in [-0.39, 0.29) is 23.1 Å². The number of carbonyl (C=O) groups is 2. The van der Waals surface area contributed by atoms with Crippen LogP contribution in [0.3, 0.4) is 0 Å². The Morgan fingerprint density at radius 1 is 0.900 bits per heavy atom. The van der Waals surface area contributed by atoms with E-state index < -0.39 is 0 Å². The van der Waals surface area contributed by atoms with E-state index in [1.807, 2.05) is 24.3 Å². The van der Waals surface area contributed by atoms with Gasteiger partial charge < -0.3 is 10.6 Å². The minimum Gasteiger partial charge on any atom is -0.332 e. The second kappa shape index (κ2) is 10.1. The number of nitrogens with one attached hydrogen (secondary N) is 2. The van der Waals surface area contributed by atoms with Gasteiger partial charge in [0.1, 0.15) is 5.82 Å². The second-order valence-corrected chi connectivity index (χ2v) is 7.92. The first-order chi connectivity index (χ1) is 14.4. The van der Waals surface area contributed by atoms with Gasteiger partial charge in [-0.25, -0.2) is 4.39 Å². The van der Waals surface area contributed by atoms with Gasteiger partial charge in [0, 0.05) is 27.4 Å². The third-order valence-electron chi connectivity index (χ3n) is 4.18. The van der Waals surface area contributed by atoms with Gasteiger partial charge in [-0.15, -0.1) is 11.8 Å². The van der Waals surface area contributed by atoms with Crippen LogP contribution >= 0.6 is 24.0 Å². The molecule has 3 aromatic rings. The Labute approximate surface area is 183 Å². The molecule has 0 aliphatic heterocycles. The highest BCUT2D eigenvalue weighted by atomic mass is 32.2. The zero-order chi connectivity index (χ0) is 21.5. The molecule has 0 aliphatic rings. The largest absolute Gasteiger partial charge is 0.332 e. The van der Waals surface area contributed by atoms with E-state index in [0.717, 1.165) is 16.3 Å². The number of hydrogen-bond acceptors (Lipinski definition) is 4. The van der Waals surface area contributed by atoms with E-state index in [9.17, 15) is 14.0 Å². The average Bonchev–Trinajstić information content (AvgIpc) is 2.73. The fourth-order valence-electron chi connectivity index (χ4n) is 2.61. The maximum atomic E-state index is 13.0. The first-order valence-electron chi connectivity index (χ1n) is 9.11. The number of halogens is 1. The Hall–Kier alpha value is -3.03. The quantitative estimate of drug-likeness (QED) is 0.276. The number of benzene rings is 3. The Bertz CT molecular complexity index is 1070. The highest BCUT2D eigenvalue weighted by Gasteiger charge is 2.08. The fourth-order valence-corrected chi connectivity index (χ4v) is 3.70. The summed E-state index contributed by atoms with van der Waals surface area (Å²) in [5.41, 5.74) is 2.68. The average molecular weight is 439 g/mol. The minimum absolute atomic E-state index is 0.00877. The lowest BCUT2D eigenvalue weighted by molar-refractivity contribution is 0.101. The first kappa shape index (κ1) is 21.7. The van der Waals surface area contributed by atoms with Gasteiger partial charge in [-0.1, -0.05) is 6.07 Å². The van der Waals surface area contributed by atoms with Crippen molar-refractivity contribution < 1.29 is 14.0 Å². The molecule has 0 saturated heterocycles. The normalized spacial score (nSPS) is 10.3. The van der Waals surface area contributed by atoms with E-state index >= 15 is 0 Å². The van der Waals surface area contributed by atoms with Crippen LogP contribution in [0.4, 0.5) is 15.8 Å². The molecule has 0 unspecified atom stereocenters. The molecule has 30 heavy (non-hydrogen) atoms. The van der Waals surface area contributed by atoms with Crippen molar-refractivity contribution in [1.82, 2.24) is 0 Å². The van der Waals surface area contributed by atoms with Gasteiger partial charge in [-0.05, 0) is 85.9 Å². The van der Waals surface area contributed by atoms with Gasteiger partial charge in [0.15, 0.2) is 16.7 Å². The smallest absolute Gasteiger partial charge is 0.175 e. The zero-order valence-corrected chi connectivity index (χ0v) is 17.8. The summed E-state index contributed by atoms with van der Waals surface area (Å²) < 4.78 is 13.0. The van der Waals surface area contributed by atoms with Crippen LogP contribution in [-0.4, -0.2) is 22.4 Å². The van der Waals surface area contributed by atoms with Gasteiger partial charge in [-0.2, -0.15) is 0 Å². The number of thioether (sulfide) groups is 1. The standard InChI is InChI=1S/C23H19FN2O2S2/c1-15(27)16-7-11-19(12-8-16)25-23(29)26-20-3-2-4-21(13-20)30-14-22(28)17-5-9-18(24)10-6-17/h2-13H,14H2,1H3,(H2,25,26,29). The van der Waals surface area contributed by atoms with Crippen LogP contribution in [0.5, 0.6) is 0 Å². The third kappa shape index (κ3) is 6.23. The maximum absolute atomic E-state index is 13.0. The number of anilines is 2. The van der Waals surface area contributed by atoms with E-state index in [4.69, 9.17) is 12.2 Å². The highest BCUT2D eigenvalue weighted by molar-refractivity contribution is 8.00. The van der Waals surface area contributed by atoms with Crippen molar-refractivity contribution in [2.24, 2.45) is 0 Å². The summed E-state index contributed by atoms with van der Waals surface area (Å²) in [4.78, 5) is 24.5. The summed E-state index contributed by atoms with van der Waals surface area (Å²) in [5, 5.41) is 6.59. The van der Waals surface area contributed by atoms with Crippen LogP contribution in [0, 0.1) is 5.82 Å². The van der Waals surface area contributed by atoms with Gasteiger partial charge in [0.2, 0.25) is 0 Å². The molecular weight excluding hydrogens is 419 g/mol. The van der Waals surface area contributed by atoms with Crippen molar-refractivity contribution in [3.05, 3.63) is 89.7 Å². The molecule has 0 radical (unpaired) electrons. The summed E-state index contributed by atoms with van der Waals surface area (Å²) in [6.45, 7) is 1.52. The van der Waals surface area contributed by atoms with Crippen LogP contribution in [0.25, 0.3) is 0 Å². The monoisotopic (exact) mass is 438 g/mol. The molecule has 2 N–H and O–H groups in total. The molecule has 0 spiro atoms. The number of carbonyl (C=O) groups excluding carboxylic acids is 2. The summed E-state index contributed by atoms with van der Waals surface area (Å²) in [7, 11) is 0. The van der Waals surface area contributed by atoms with E-state index in [1.165, 1.54) is 43.0 Å². The summed E-state index contributed by atoms with van der Waals surface area (Å²) in [6.07, 6.45) is 0. The lowest BCUT2D eigenvalue weighted by Crippen LogP contribution is -2.19. The van der Waals surface area contributed by atoms with Crippen LogP contribution in [0.15, 0.2) is 77.7 Å². The fraction of sp³-hybridized carbons (Fsp3) is 0.0870. The SMILES string of the molecule is CC(=O)c1ccc(NC(=S)Nc2cccc(SCC(=O)c3ccc(F)cc3)c2)cc1. The minimum atomic E-state index is -0.364. The predicted octanol–water partition coefficient (Wildman–Crippen LogP) is 5.81. The molecule has 0 amide bonds. The van der Waals surface area contributed by atoms with Crippen LogP contribution in [0.2, 0.25) is 0 Å². The molecular formula is C23H19FN2O2S2. The number of thiocarbonyl (C=S) groups is 1. The number of ketones is 2. The zero-order valence-electron chi connectivity index (χ0n) is 16.1. The predicted molar refractivity (Wildman–Crippen MR) is 124 cm³/mol. The molecule has 7 heteroatoms. The molecule has 0 heterocycles. The van der Waals surface area contributed by atoms with Crippen LogP contribution < -0.4 is 10.6 Å². The summed E-state index contributed by atoms with van der Waals surface area (Å²) in [5.74, 6) is -0.170. The van der Waals surface area contributed by atoms with E-state index in [0.29, 0.717) is 16.2 Å². The van der Waals surface area contributed by atoms with Crippen molar-refractivity contribution in [2.75, 3.05) is 16.4 Å². The van der Waals surface area contributed by atoms with Crippen molar-refractivity contribution in [3.63, 3.8) is 0 Å². The molecule has 4 nitrogen and oxygen atoms in total. The van der Waals surface area contributed by atoms with Gasteiger partial charge in [0.05, 0.1) is 5.75 Å². The Morgan fingerprint density at radius 2 is 1.53 bits per heavy atom. The third-order valence-corrected chi connectivity index (χ3v) is 5.38. The molecule has 0 fully saturated rings. The van der Waals surface area contributed by atoms with Crippen LogP contribution in [-0.2, 0) is 0 Å². The lowest BCUT2D eigenvalue weighted by atomic mass is 10.1. The molecule has 3 aromatic carbocycles. The van der Waals surface area contributed by atoms with Gasteiger partial charge in [-0.3, -0.25) is 9.59 Å². The molecule has 0 aromatic heterocycles. The van der Waals surface area contributed by atoms with Crippen LogP contribution in [0.1, 0.15) is 27.6 Å². The van der Waals surface area contributed by atoms with E-state index in [1.54, 1.807) is 24.3 Å². The Kier molecular flexibility index (Phi) is 7.32. The Morgan fingerprint density at radius 3 is 2.20 bits per heavy atom. The molecule has 0 aliphatic carbocycles. The molecule has 0 bridgehead atoms. The Balaban J connectivity index is 1.55. The number of rotatable bonds is 7. The van der Waals surface area contributed by atoms with Crippen molar-refractivity contribution in [3.8, 4) is 0 Å². The van der Waals surface area contributed by atoms with Gasteiger partial charge >= 0.3 is 0 Å². The second-order valence-electron chi connectivity index (χ2n) is 6.46. The van der Waals surface area contributed by atoms with Crippen molar-refractivity contribution >= 4 is 52.0 Å². The summed E-state index contributed by atoms with van der Waals surface area (Å²) in [6, 6.07) is 20.2. The topological polar surface area (TPSA) is 58.2 Å². The molecule has 0 atom stereocenters. The highest BCUT2D eigenvalue weighted by Crippen LogP contribution is 2.23. The number of Topliss-reactive ketones (excluding diaryl/α,β-unsaturated/α-hetero) is 2. The maximum Gasteiger partial charge on any atom is 0.175 e. The molecule has 0 saturated carbocycles. The number of hydrogen-bond donors (Lipinski definition) is 2. The van der Waals surface area contributed by atoms with E-state index in [2.05, 4.69) is 10.6 Å². The first-order valence-corrected chi connectivity index (χ1v) is 10.5. The molecule has 3 rings (SSSR count). The van der Waals surface area contributed by atoms with Crippen molar-refractivity contribution in [1.29, 1.82) is 0 Å². The van der Waals surface area contributed by atoms with Gasteiger partial charge in [0.25, 0.3) is 0 Å². The summed E-state index contributed by atoms with van der Waals surface area (Å²) >= 11 is 6.74. The molecule has 152 valence electrons. The lowest BCUT2D eigenvalue weighted by Gasteiger charge is -2.12. The van der Waals surface area contributed by atoms with Crippen molar-refractivity contribution in [2.45, 2.75) is 11.8 Å².